The quantitative estimate of drug-likeness (QED) is 0.742. The molecule has 90 valence electrons. The van der Waals surface area contributed by atoms with E-state index in [1.54, 1.807) is 0 Å². The van der Waals surface area contributed by atoms with Gasteiger partial charge >= 0.3 is 0 Å². The fourth-order valence-corrected chi connectivity index (χ4v) is 2.22. The monoisotopic (exact) mass is 241 g/mol. The summed E-state index contributed by atoms with van der Waals surface area (Å²) >= 11 is 1.45. The zero-order chi connectivity index (χ0) is 12.0. The summed E-state index contributed by atoms with van der Waals surface area (Å²) in [6, 6.07) is 0. The number of rotatable bonds is 6. The van der Waals surface area contributed by atoms with Gasteiger partial charge in [0.1, 0.15) is 4.88 Å². The predicted octanol–water partition coefficient (Wildman–Crippen LogP) is 1.49. The minimum absolute atomic E-state index is 0.0126. The predicted molar refractivity (Wildman–Crippen MR) is 67.1 cm³/mol. The average Bonchev–Trinajstić information content (AvgIpc) is 2.57. The third kappa shape index (κ3) is 3.90. The number of aryl methyl sites for hydroxylation is 2. The Bertz CT molecular complexity index is 349. The second kappa shape index (κ2) is 6.60. The molecule has 0 atom stereocenters. The number of thiazole rings is 1. The lowest BCUT2D eigenvalue weighted by Gasteiger charge is -2.04. The van der Waals surface area contributed by atoms with Gasteiger partial charge in [0.05, 0.1) is 10.7 Å². The maximum absolute atomic E-state index is 11.7. The molecule has 0 unspecified atom stereocenters. The molecule has 1 rings (SSSR count). The van der Waals surface area contributed by atoms with E-state index >= 15 is 0 Å². The van der Waals surface area contributed by atoms with Gasteiger partial charge in [-0.05, 0) is 26.8 Å². The molecule has 0 fully saturated rings. The first-order valence-corrected chi connectivity index (χ1v) is 6.39. The largest absolute Gasteiger partial charge is 0.350 e. The summed E-state index contributed by atoms with van der Waals surface area (Å²) in [6.45, 7) is 8.38. The average molecular weight is 241 g/mol. The first-order chi connectivity index (χ1) is 7.65. The van der Waals surface area contributed by atoms with Crippen molar-refractivity contribution in [3.8, 4) is 0 Å². The molecule has 1 amide bonds. The van der Waals surface area contributed by atoms with Crippen molar-refractivity contribution in [2.75, 3.05) is 19.6 Å². The van der Waals surface area contributed by atoms with E-state index in [1.165, 1.54) is 11.3 Å². The van der Waals surface area contributed by atoms with E-state index in [0.29, 0.717) is 6.54 Å². The van der Waals surface area contributed by atoms with Gasteiger partial charge in [0.15, 0.2) is 0 Å². The van der Waals surface area contributed by atoms with E-state index in [4.69, 9.17) is 0 Å². The van der Waals surface area contributed by atoms with Crippen molar-refractivity contribution < 1.29 is 4.79 Å². The van der Waals surface area contributed by atoms with Crippen LogP contribution in [-0.4, -0.2) is 30.5 Å². The molecule has 0 radical (unpaired) electrons. The third-order valence-corrected chi connectivity index (χ3v) is 3.20. The number of hydrogen-bond donors (Lipinski definition) is 2. The summed E-state index contributed by atoms with van der Waals surface area (Å²) in [5, 5.41) is 7.05. The third-order valence-electron chi connectivity index (χ3n) is 2.12. The summed E-state index contributed by atoms with van der Waals surface area (Å²) < 4.78 is 0. The zero-order valence-corrected chi connectivity index (χ0v) is 10.9. The van der Waals surface area contributed by atoms with Crippen molar-refractivity contribution in [2.45, 2.75) is 27.2 Å². The number of nitrogens with one attached hydrogen (secondary N) is 2. The van der Waals surface area contributed by atoms with Crippen molar-refractivity contribution in [2.24, 2.45) is 0 Å². The summed E-state index contributed by atoms with van der Waals surface area (Å²) in [7, 11) is 0. The smallest absolute Gasteiger partial charge is 0.263 e. The molecule has 16 heavy (non-hydrogen) atoms. The van der Waals surface area contributed by atoms with Gasteiger partial charge < -0.3 is 10.6 Å². The number of carbonyl (C=O) groups excluding carboxylic acids is 1. The molecular weight excluding hydrogens is 222 g/mol. The van der Waals surface area contributed by atoms with E-state index in [-0.39, 0.29) is 5.91 Å². The highest BCUT2D eigenvalue weighted by atomic mass is 32.1. The SMILES string of the molecule is CCCNCCNC(=O)c1sc(C)nc1C. The highest BCUT2D eigenvalue weighted by Crippen LogP contribution is 2.16. The molecule has 1 aromatic rings. The maximum Gasteiger partial charge on any atom is 0.263 e. The standard InChI is InChI=1S/C11H19N3OS/c1-4-5-12-6-7-13-11(15)10-8(2)14-9(3)16-10/h12H,4-7H2,1-3H3,(H,13,15). The zero-order valence-electron chi connectivity index (χ0n) is 10.1. The molecule has 0 saturated heterocycles. The molecule has 0 aliphatic rings. The minimum Gasteiger partial charge on any atom is -0.350 e. The van der Waals surface area contributed by atoms with Crippen molar-refractivity contribution in [3.05, 3.63) is 15.6 Å². The molecule has 0 saturated carbocycles. The second-order valence-electron chi connectivity index (χ2n) is 3.65. The molecule has 5 heteroatoms. The fourth-order valence-electron chi connectivity index (χ4n) is 1.39. The summed E-state index contributed by atoms with van der Waals surface area (Å²) in [4.78, 5) is 16.7. The minimum atomic E-state index is -0.0126. The normalized spacial score (nSPS) is 10.4. The molecule has 4 nitrogen and oxygen atoms in total. The topological polar surface area (TPSA) is 54.0 Å². The number of nitrogens with zero attached hydrogens (tertiary/aromatic N) is 1. The molecule has 0 aliphatic heterocycles. The van der Waals surface area contributed by atoms with E-state index < -0.39 is 0 Å². The Balaban J connectivity index is 2.33. The highest BCUT2D eigenvalue weighted by Gasteiger charge is 2.12. The Morgan fingerprint density at radius 3 is 2.62 bits per heavy atom. The molecule has 0 aromatic carbocycles. The van der Waals surface area contributed by atoms with Crippen molar-refractivity contribution in [1.82, 2.24) is 15.6 Å². The van der Waals surface area contributed by atoms with Crippen LogP contribution in [0.3, 0.4) is 0 Å². The Morgan fingerprint density at radius 2 is 2.06 bits per heavy atom. The summed E-state index contributed by atoms with van der Waals surface area (Å²) in [5.74, 6) is -0.0126. The van der Waals surface area contributed by atoms with E-state index in [0.717, 1.165) is 35.1 Å². The lowest BCUT2D eigenvalue weighted by Crippen LogP contribution is -2.32. The Labute approximate surface area is 100 Å². The number of amides is 1. The number of hydrogen-bond acceptors (Lipinski definition) is 4. The molecule has 2 N–H and O–H groups in total. The molecule has 0 bridgehead atoms. The Morgan fingerprint density at radius 1 is 1.31 bits per heavy atom. The van der Waals surface area contributed by atoms with Crippen LogP contribution >= 0.6 is 11.3 Å². The van der Waals surface area contributed by atoms with Gasteiger partial charge in [-0.15, -0.1) is 11.3 Å². The van der Waals surface area contributed by atoms with Crippen LogP contribution in [0.4, 0.5) is 0 Å². The lowest BCUT2D eigenvalue weighted by atomic mass is 10.3. The van der Waals surface area contributed by atoms with Gasteiger partial charge in [-0.1, -0.05) is 6.92 Å². The van der Waals surface area contributed by atoms with Crippen LogP contribution < -0.4 is 10.6 Å². The van der Waals surface area contributed by atoms with Crippen molar-refractivity contribution in [1.29, 1.82) is 0 Å². The lowest BCUT2D eigenvalue weighted by molar-refractivity contribution is 0.0957. The van der Waals surface area contributed by atoms with Gasteiger partial charge in [-0.25, -0.2) is 4.98 Å². The van der Waals surface area contributed by atoms with Gasteiger partial charge in [0.2, 0.25) is 0 Å². The second-order valence-corrected chi connectivity index (χ2v) is 4.86. The molecular formula is C11H19N3OS. The molecule has 1 aromatic heterocycles. The highest BCUT2D eigenvalue weighted by molar-refractivity contribution is 7.13. The fraction of sp³-hybridized carbons (Fsp3) is 0.636. The van der Waals surface area contributed by atoms with Gasteiger partial charge in [-0.3, -0.25) is 4.79 Å². The van der Waals surface area contributed by atoms with Crippen LogP contribution in [0.5, 0.6) is 0 Å². The van der Waals surface area contributed by atoms with Crippen molar-refractivity contribution in [3.63, 3.8) is 0 Å². The van der Waals surface area contributed by atoms with E-state index in [2.05, 4.69) is 22.5 Å². The van der Waals surface area contributed by atoms with Crippen LogP contribution in [0.25, 0.3) is 0 Å². The van der Waals surface area contributed by atoms with Crippen LogP contribution in [0.2, 0.25) is 0 Å². The molecule has 0 aliphatic carbocycles. The molecule has 0 spiro atoms. The van der Waals surface area contributed by atoms with E-state index in [9.17, 15) is 4.79 Å². The van der Waals surface area contributed by atoms with Crippen LogP contribution in [-0.2, 0) is 0 Å². The van der Waals surface area contributed by atoms with Gasteiger partial charge in [0, 0.05) is 13.1 Å². The number of carbonyl (C=O) groups is 1. The summed E-state index contributed by atoms with van der Waals surface area (Å²) in [5.41, 5.74) is 0.821. The Hall–Kier alpha value is -0.940. The molecule has 1 heterocycles. The first kappa shape index (κ1) is 13.1. The summed E-state index contributed by atoms with van der Waals surface area (Å²) in [6.07, 6.45) is 1.11. The van der Waals surface area contributed by atoms with E-state index in [1.807, 2.05) is 13.8 Å². The van der Waals surface area contributed by atoms with Crippen molar-refractivity contribution >= 4 is 17.2 Å². The first-order valence-electron chi connectivity index (χ1n) is 5.58. The van der Waals surface area contributed by atoms with Crippen LogP contribution in [0.15, 0.2) is 0 Å². The maximum atomic E-state index is 11.7. The Kier molecular flexibility index (Phi) is 5.42. The van der Waals surface area contributed by atoms with Crippen LogP contribution in [0, 0.1) is 13.8 Å². The van der Waals surface area contributed by atoms with Crippen LogP contribution in [0.1, 0.15) is 33.7 Å². The van der Waals surface area contributed by atoms with Gasteiger partial charge in [-0.2, -0.15) is 0 Å². The van der Waals surface area contributed by atoms with Gasteiger partial charge in [0.25, 0.3) is 5.91 Å². The number of aromatic nitrogens is 1.